The molecule has 56 valence electrons. The van der Waals surface area contributed by atoms with Gasteiger partial charge >= 0.3 is 0 Å². The number of benzene rings is 1. The Kier molecular flexibility index (Phi) is 2.40. The molecule has 1 aromatic rings. The highest BCUT2D eigenvalue weighted by atomic mass is 35.5. The van der Waals surface area contributed by atoms with Crippen LogP contribution >= 0.6 is 11.6 Å². The maximum absolute atomic E-state index is 5.76. The molecule has 0 saturated carbocycles. The summed E-state index contributed by atoms with van der Waals surface area (Å²) < 4.78 is 0. The van der Waals surface area contributed by atoms with Crippen molar-refractivity contribution >= 4 is 17.3 Å². The molecule has 0 unspecified atom stereocenters. The first kappa shape index (κ1) is 7.97. The summed E-state index contributed by atoms with van der Waals surface area (Å²) in [6.07, 6.45) is 5.72. The molecular formula is C9H8ClN. The number of nitrogens with two attached hydrogens (primary N) is 1. The van der Waals surface area contributed by atoms with Gasteiger partial charge in [0.05, 0.1) is 10.7 Å². The van der Waals surface area contributed by atoms with E-state index in [2.05, 4.69) is 5.92 Å². The largest absolute Gasteiger partial charge is 0.398 e. The molecule has 2 N–H and O–H groups in total. The quantitative estimate of drug-likeness (QED) is 0.501. The van der Waals surface area contributed by atoms with Gasteiger partial charge in [0.1, 0.15) is 0 Å². The SMILES string of the molecule is C#CCc1ccc(N)c(Cl)c1. The lowest BCUT2D eigenvalue weighted by Crippen LogP contribution is -1.88. The number of hydrogen-bond acceptors (Lipinski definition) is 1. The van der Waals surface area contributed by atoms with E-state index >= 15 is 0 Å². The highest BCUT2D eigenvalue weighted by molar-refractivity contribution is 6.33. The first-order chi connectivity index (χ1) is 5.24. The van der Waals surface area contributed by atoms with Gasteiger partial charge in [-0.05, 0) is 17.7 Å². The van der Waals surface area contributed by atoms with E-state index in [1.165, 1.54) is 0 Å². The topological polar surface area (TPSA) is 26.0 Å². The number of anilines is 1. The molecule has 0 amide bonds. The third-order valence-electron chi connectivity index (χ3n) is 1.37. The Hall–Kier alpha value is -1.13. The van der Waals surface area contributed by atoms with Crippen LogP contribution in [-0.4, -0.2) is 0 Å². The molecule has 0 saturated heterocycles. The summed E-state index contributed by atoms with van der Waals surface area (Å²) in [5.74, 6) is 2.53. The third kappa shape index (κ3) is 1.89. The van der Waals surface area contributed by atoms with E-state index in [1.807, 2.05) is 6.07 Å². The van der Waals surface area contributed by atoms with Crippen molar-refractivity contribution in [1.82, 2.24) is 0 Å². The predicted octanol–water partition coefficient (Wildman–Crippen LogP) is 2.10. The van der Waals surface area contributed by atoms with Crippen LogP contribution in [0.25, 0.3) is 0 Å². The van der Waals surface area contributed by atoms with Crippen LogP contribution in [0.1, 0.15) is 5.56 Å². The predicted molar refractivity (Wildman–Crippen MR) is 48.4 cm³/mol. The first-order valence-electron chi connectivity index (χ1n) is 3.21. The van der Waals surface area contributed by atoms with Crippen molar-refractivity contribution in [3.8, 4) is 12.3 Å². The van der Waals surface area contributed by atoms with Crippen LogP contribution in [0.3, 0.4) is 0 Å². The zero-order chi connectivity index (χ0) is 8.27. The number of halogens is 1. The van der Waals surface area contributed by atoms with E-state index in [4.69, 9.17) is 23.8 Å². The van der Waals surface area contributed by atoms with Crippen LogP contribution < -0.4 is 5.73 Å². The van der Waals surface area contributed by atoms with Crippen molar-refractivity contribution in [2.45, 2.75) is 6.42 Å². The second-order valence-electron chi connectivity index (χ2n) is 2.24. The molecule has 0 atom stereocenters. The standard InChI is InChI=1S/C9H8ClN/c1-2-3-7-4-5-9(11)8(10)6-7/h1,4-6H,3,11H2. The lowest BCUT2D eigenvalue weighted by atomic mass is 10.1. The van der Waals surface area contributed by atoms with Gasteiger partial charge in [0.25, 0.3) is 0 Å². The molecule has 0 fully saturated rings. The lowest BCUT2D eigenvalue weighted by molar-refractivity contribution is 1.32. The second-order valence-corrected chi connectivity index (χ2v) is 2.64. The summed E-state index contributed by atoms with van der Waals surface area (Å²) in [6.45, 7) is 0. The third-order valence-corrected chi connectivity index (χ3v) is 1.70. The Morgan fingerprint density at radius 1 is 1.55 bits per heavy atom. The normalized spacial score (nSPS) is 9.09. The highest BCUT2D eigenvalue weighted by Gasteiger charge is 1.95. The summed E-state index contributed by atoms with van der Waals surface area (Å²) in [6, 6.07) is 5.42. The molecule has 2 heteroatoms. The minimum Gasteiger partial charge on any atom is -0.398 e. The molecule has 11 heavy (non-hydrogen) atoms. The molecule has 0 heterocycles. The molecule has 0 radical (unpaired) electrons. The maximum atomic E-state index is 5.76. The van der Waals surface area contributed by atoms with E-state index < -0.39 is 0 Å². The number of terminal acetylenes is 1. The van der Waals surface area contributed by atoms with Gasteiger partial charge < -0.3 is 5.73 Å². The average molecular weight is 166 g/mol. The van der Waals surface area contributed by atoms with Crippen LogP contribution in [0.5, 0.6) is 0 Å². The summed E-state index contributed by atoms with van der Waals surface area (Å²) >= 11 is 5.76. The molecule has 1 nitrogen and oxygen atoms in total. The molecule has 0 aliphatic carbocycles. The molecule has 1 rings (SSSR count). The molecule has 0 aliphatic heterocycles. The van der Waals surface area contributed by atoms with Crippen LogP contribution in [0.2, 0.25) is 5.02 Å². The zero-order valence-corrected chi connectivity index (χ0v) is 6.73. The Balaban J connectivity index is 2.98. The van der Waals surface area contributed by atoms with Crippen LogP contribution in [0.4, 0.5) is 5.69 Å². The van der Waals surface area contributed by atoms with Crippen molar-refractivity contribution in [2.24, 2.45) is 0 Å². The molecule has 1 aromatic carbocycles. The van der Waals surface area contributed by atoms with Crippen LogP contribution in [-0.2, 0) is 6.42 Å². The average Bonchev–Trinajstić information content (AvgIpc) is 1.98. The fourth-order valence-electron chi connectivity index (χ4n) is 0.798. The Bertz CT molecular complexity index is 299. The monoisotopic (exact) mass is 165 g/mol. The number of hydrogen-bond donors (Lipinski definition) is 1. The fraction of sp³-hybridized carbons (Fsp3) is 0.111. The Morgan fingerprint density at radius 2 is 2.27 bits per heavy atom. The van der Waals surface area contributed by atoms with Crippen molar-refractivity contribution < 1.29 is 0 Å². The van der Waals surface area contributed by atoms with Crippen LogP contribution in [0.15, 0.2) is 18.2 Å². The second kappa shape index (κ2) is 3.32. The number of nitrogen functional groups attached to an aromatic ring is 1. The van der Waals surface area contributed by atoms with E-state index in [-0.39, 0.29) is 0 Å². The van der Waals surface area contributed by atoms with Crippen molar-refractivity contribution in [2.75, 3.05) is 5.73 Å². The van der Waals surface area contributed by atoms with Gasteiger partial charge in [-0.15, -0.1) is 12.3 Å². The van der Waals surface area contributed by atoms with Crippen molar-refractivity contribution in [3.63, 3.8) is 0 Å². The summed E-state index contributed by atoms with van der Waals surface area (Å²) in [4.78, 5) is 0. The summed E-state index contributed by atoms with van der Waals surface area (Å²) in [5.41, 5.74) is 7.11. The smallest absolute Gasteiger partial charge is 0.0638 e. The molecular weight excluding hydrogens is 158 g/mol. The van der Waals surface area contributed by atoms with Crippen LogP contribution in [0, 0.1) is 12.3 Å². The van der Waals surface area contributed by atoms with E-state index in [0.717, 1.165) is 5.56 Å². The van der Waals surface area contributed by atoms with Gasteiger partial charge in [-0.3, -0.25) is 0 Å². The van der Waals surface area contributed by atoms with Gasteiger partial charge in [0.15, 0.2) is 0 Å². The van der Waals surface area contributed by atoms with E-state index in [0.29, 0.717) is 17.1 Å². The van der Waals surface area contributed by atoms with Gasteiger partial charge in [-0.2, -0.15) is 0 Å². The number of rotatable bonds is 1. The maximum Gasteiger partial charge on any atom is 0.0638 e. The minimum atomic E-state index is 0.567. The van der Waals surface area contributed by atoms with Gasteiger partial charge in [-0.25, -0.2) is 0 Å². The summed E-state index contributed by atoms with van der Waals surface area (Å²) in [5, 5.41) is 0.567. The van der Waals surface area contributed by atoms with Gasteiger partial charge in [0.2, 0.25) is 0 Å². The minimum absolute atomic E-state index is 0.567. The summed E-state index contributed by atoms with van der Waals surface area (Å²) in [7, 11) is 0. The fourth-order valence-corrected chi connectivity index (χ4v) is 1.00. The van der Waals surface area contributed by atoms with Crippen molar-refractivity contribution in [3.05, 3.63) is 28.8 Å². The zero-order valence-electron chi connectivity index (χ0n) is 5.97. The van der Waals surface area contributed by atoms with E-state index in [1.54, 1.807) is 12.1 Å². The molecule has 0 spiro atoms. The molecule has 0 aromatic heterocycles. The Labute approximate surface area is 71.2 Å². The van der Waals surface area contributed by atoms with Crippen molar-refractivity contribution in [1.29, 1.82) is 0 Å². The lowest BCUT2D eigenvalue weighted by Gasteiger charge is -1.99. The molecule has 0 aliphatic rings. The van der Waals surface area contributed by atoms with Gasteiger partial charge in [-0.1, -0.05) is 17.7 Å². The first-order valence-corrected chi connectivity index (χ1v) is 3.59. The Morgan fingerprint density at radius 3 is 2.82 bits per heavy atom. The van der Waals surface area contributed by atoms with Gasteiger partial charge in [0, 0.05) is 6.42 Å². The highest BCUT2D eigenvalue weighted by Crippen LogP contribution is 2.19. The molecule has 0 bridgehead atoms. The van der Waals surface area contributed by atoms with E-state index in [9.17, 15) is 0 Å².